The van der Waals surface area contributed by atoms with Gasteiger partial charge < -0.3 is 0 Å². The van der Waals surface area contributed by atoms with Crippen molar-refractivity contribution in [2.45, 2.75) is 115 Å². The van der Waals surface area contributed by atoms with E-state index in [2.05, 4.69) is 51.1 Å². The van der Waals surface area contributed by atoms with Crippen LogP contribution < -0.4 is 0 Å². The summed E-state index contributed by atoms with van der Waals surface area (Å²) in [6, 6.07) is 11.5. The van der Waals surface area contributed by atoms with E-state index in [4.69, 9.17) is 0 Å². The van der Waals surface area contributed by atoms with Gasteiger partial charge in [-0.05, 0) is 0 Å². The van der Waals surface area contributed by atoms with E-state index >= 15 is 0 Å². The first-order chi connectivity index (χ1) is 12.8. The predicted molar refractivity (Wildman–Crippen MR) is 123 cm³/mol. The molecule has 0 N–H and O–H groups in total. The van der Waals surface area contributed by atoms with E-state index in [0.29, 0.717) is 0 Å². The molecule has 0 aliphatic carbocycles. The second kappa shape index (κ2) is 16.0. The summed E-state index contributed by atoms with van der Waals surface area (Å²) < 4.78 is 6.39. The van der Waals surface area contributed by atoms with Crippen LogP contribution in [0.15, 0.2) is 30.3 Å². The molecule has 26 heavy (non-hydrogen) atoms. The van der Waals surface area contributed by atoms with Crippen LogP contribution in [-0.2, 0) is 4.37 Å². The molecule has 0 bridgehead atoms. The van der Waals surface area contributed by atoms with Crippen LogP contribution in [-0.4, -0.2) is 18.8 Å². The maximum absolute atomic E-state index is 2.40. The maximum atomic E-state index is 2.40. The molecule has 0 heterocycles. The van der Waals surface area contributed by atoms with Crippen molar-refractivity contribution >= 4 is 18.8 Å². The molecular formula is C25H46Sb+. The Bertz CT molecular complexity index is 403. The zero-order chi connectivity index (χ0) is 18.9. The number of rotatable bonds is 17. The normalized spacial score (nSPS) is 11.8. The first-order valence-corrected chi connectivity index (χ1v) is 18.9. The Morgan fingerprint density at radius 2 is 1.00 bits per heavy atom. The molecule has 0 amide bonds. The van der Waals surface area contributed by atoms with E-state index in [1.54, 1.807) is 18.7 Å². The average Bonchev–Trinajstić information content (AvgIpc) is 2.67. The Balaban J connectivity index is 2.54. The van der Waals surface area contributed by atoms with E-state index in [1.807, 2.05) is 0 Å². The third-order valence-electron chi connectivity index (χ3n) is 5.82. The van der Waals surface area contributed by atoms with E-state index < -0.39 is 18.8 Å². The van der Waals surface area contributed by atoms with Crippen molar-refractivity contribution < 1.29 is 0 Å². The van der Waals surface area contributed by atoms with Gasteiger partial charge in [-0.15, -0.1) is 0 Å². The van der Waals surface area contributed by atoms with E-state index in [1.165, 1.54) is 81.4 Å². The Kier molecular flexibility index (Phi) is 14.8. The van der Waals surface area contributed by atoms with Crippen LogP contribution in [0.2, 0.25) is 13.1 Å². The van der Waals surface area contributed by atoms with Crippen LogP contribution in [0.4, 0.5) is 0 Å². The SMILES string of the molecule is CCCCCCCCC[CH2][Sb+]([CH2]CCC)([CH2]CCC)[CH2]c1ccccc1. The third kappa shape index (κ3) is 11.0. The van der Waals surface area contributed by atoms with E-state index in [9.17, 15) is 0 Å². The molecule has 0 aliphatic rings. The quantitative estimate of drug-likeness (QED) is 0.158. The van der Waals surface area contributed by atoms with Gasteiger partial charge in [-0.25, -0.2) is 0 Å². The zero-order valence-corrected chi connectivity index (χ0v) is 20.7. The molecule has 0 atom stereocenters. The van der Waals surface area contributed by atoms with Crippen LogP contribution in [0.5, 0.6) is 0 Å². The summed E-state index contributed by atoms with van der Waals surface area (Å²) in [5, 5.41) is 0. The van der Waals surface area contributed by atoms with Gasteiger partial charge >= 0.3 is 170 Å². The topological polar surface area (TPSA) is 0 Å². The summed E-state index contributed by atoms with van der Waals surface area (Å²) in [4.78, 5) is 0. The zero-order valence-electron chi connectivity index (χ0n) is 18.1. The molecule has 0 saturated carbocycles. The third-order valence-corrected chi connectivity index (χ3v) is 19.6. The second-order valence-electron chi connectivity index (χ2n) is 8.34. The molecule has 1 rings (SSSR count). The standard InChI is InChI=1S/C10H21.C7H7.2C4H9.Sb/c1-3-5-7-9-10-8-6-4-2;1-7-5-3-2-4-6-7;2*1-3-4-2;/h1,3-10H2,2H3;2-6H,1H2;2*1,3-4H2,2H3;/q;;;;+1. The van der Waals surface area contributed by atoms with Gasteiger partial charge in [-0.2, -0.15) is 0 Å². The number of hydrogen-bond acceptors (Lipinski definition) is 0. The molecule has 0 aliphatic heterocycles. The van der Waals surface area contributed by atoms with Gasteiger partial charge in [0.25, 0.3) is 0 Å². The Labute approximate surface area is 169 Å². The van der Waals surface area contributed by atoms with Crippen LogP contribution >= 0.6 is 0 Å². The number of benzene rings is 1. The summed E-state index contributed by atoms with van der Waals surface area (Å²) in [6.07, 6.45) is 17.4. The summed E-state index contributed by atoms with van der Waals surface area (Å²) in [5.41, 5.74) is 1.64. The van der Waals surface area contributed by atoms with Gasteiger partial charge in [-0.3, -0.25) is 0 Å². The van der Waals surface area contributed by atoms with Gasteiger partial charge in [-0.1, -0.05) is 0 Å². The summed E-state index contributed by atoms with van der Waals surface area (Å²) in [6.45, 7) is 7.08. The molecule has 1 heteroatoms. The molecule has 0 aromatic heterocycles. The molecular weight excluding hydrogens is 422 g/mol. The van der Waals surface area contributed by atoms with Gasteiger partial charge in [0, 0.05) is 0 Å². The molecule has 0 unspecified atom stereocenters. The first kappa shape index (κ1) is 24.1. The fourth-order valence-corrected chi connectivity index (χ4v) is 18.4. The van der Waals surface area contributed by atoms with Gasteiger partial charge in [0.05, 0.1) is 0 Å². The Hall–Kier alpha value is 0.0382. The predicted octanol–water partition coefficient (Wildman–Crippen LogP) is 8.96. The number of unbranched alkanes of at least 4 members (excludes halogenated alkanes) is 9. The van der Waals surface area contributed by atoms with Gasteiger partial charge in [0.2, 0.25) is 0 Å². The second-order valence-corrected chi connectivity index (χ2v) is 20.7. The van der Waals surface area contributed by atoms with Crippen molar-refractivity contribution in [2.75, 3.05) is 0 Å². The fourth-order valence-electron chi connectivity index (χ4n) is 4.11. The fraction of sp³-hybridized carbons (Fsp3) is 0.760. The average molecular weight is 468 g/mol. The molecule has 150 valence electrons. The van der Waals surface area contributed by atoms with Crippen molar-refractivity contribution in [1.29, 1.82) is 0 Å². The van der Waals surface area contributed by atoms with Crippen molar-refractivity contribution in [3.8, 4) is 0 Å². The van der Waals surface area contributed by atoms with Crippen molar-refractivity contribution in [1.82, 2.24) is 0 Å². The molecule has 0 spiro atoms. The van der Waals surface area contributed by atoms with Gasteiger partial charge in [0.15, 0.2) is 0 Å². The molecule has 0 fully saturated rings. The number of hydrogen-bond donors (Lipinski definition) is 0. The minimum absolute atomic E-state index is 1.37. The van der Waals surface area contributed by atoms with Crippen molar-refractivity contribution in [2.24, 2.45) is 0 Å². The van der Waals surface area contributed by atoms with E-state index in [-0.39, 0.29) is 0 Å². The Morgan fingerprint density at radius 1 is 0.538 bits per heavy atom. The summed E-state index contributed by atoms with van der Waals surface area (Å²) in [5.74, 6) is 0. The van der Waals surface area contributed by atoms with Gasteiger partial charge in [0.1, 0.15) is 0 Å². The molecule has 0 radical (unpaired) electrons. The summed E-state index contributed by atoms with van der Waals surface area (Å²) >= 11 is -1.91. The molecule has 1 aromatic carbocycles. The van der Waals surface area contributed by atoms with Crippen molar-refractivity contribution in [3.63, 3.8) is 0 Å². The van der Waals surface area contributed by atoms with Crippen LogP contribution in [0, 0.1) is 0 Å². The van der Waals surface area contributed by atoms with E-state index in [0.717, 1.165) is 0 Å². The molecule has 0 nitrogen and oxygen atoms in total. The van der Waals surface area contributed by atoms with Crippen LogP contribution in [0.3, 0.4) is 0 Å². The van der Waals surface area contributed by atoms with Crippen LogP contribution in [0.1, 0.15) is 103 Å². The molecule has 0 saturated heterocycles. The monoisotopic (exact) mass is 467 g/mol. The van der Waals surface area contributed by atoms with Crippen molar-refractivity contribution in [3.05, 3.63) is 35.9 Å². The first-order valence-electron chi connectivity index (χ1n) is 11.7. The summed E-state index contributed by atoms with van der Waals surface area (Å²) in [7, 11) is 0. The minimum atomic E-state index is -1.91. The Morgan fingerprint density at radius 3 is 1.54 bits per heavy atom. The van der Waals surface area contributed by atoms with Crippen LogP contribution in [0.25, 0.3) is 0 Å². The molecule has 1 aromatic rings.